The van der Waals surface area contributed by atoms with Crippen LogP contribution in [0.25, 0.3) is 28.1 Å². The maximum atomic E-state index is 4.91. The second-order valence-electron chi connectivity index (χ2n) is 6.68. The van der Waals surface area contributed by atoms with Crippen molar-refractivity contribution in [1.82, 2.24) is 19.5 Å². The van der Waals surface area contributed by atoms with Crippen molar-refractivity contribution in [2.45, 2.75) is 19.8 Å². The minimum atomic E-state index is 0.817. The zero-order valence-corrected chi connectivity index (χ0v) is 15.7. The molecule has 2 aromatic carbocycles. The van der Waals surface area contributed by atoms with Crippen molar-refractivity contribution in [2.75, 3.05) is 0 Å². The van der Waals surface area contributed by atoms with Gasteiger partial charge in [-0.2, -0.15) is 0 Å². The van der Waals surface area contributed by atoms with Gasteiger partial charge in [0.2, 0.25) is 0 Å². The molecule has 0 aliphatic carbocycles. The van der Waals surface area contributed by atoms with Crippen LogP contribution in [0, 0.1) is 6.92 Å². The van der Waals surface area contributed by atoms with Gasteiger partial charge in [0.1, 0.15) is 5.82 Å². The maximum Gasteiger partial charge on any atom is 0.109 e. The van der Waals surface area contributed by atoms with Crippen molar-refractivity contribution in [3.8, 4) is 0 Å². The molecule has 0 saturated carbocycles. The zero-order chi connectivity index (χ0) is 18.8. The van der Waals surface area contributed by atoms with Crippen molar-refractivity contribution >= 4 is 28.1 Å². The average Bonchev–Trinajstić information content (AvgIpc) is 3.02. The van der Waals surface area contributed by atoms with Crippen molar-refractivity contribution in [3.63, 3.8) is 0 Å². The Bertz CT molecular complexity index is 1170. The second kappa shape index (κ2) is 7.16. The standard InChI is InChI=1S/C23H22N4/c1-4-5-8-17-11-13-21-23(16(17)2)26-22(27(21)3)14-12-18-15-24-19-9-6-7-10-20(19)25-18/h4-11,13,15H,1,12,14H2,2-3H3/b8-5-. The van der Waals surface area contributed by atoms with Crippen LogP contribution in [-0.4, -0.2) is 19.5 Å². The number of fused-ring (bicyclic) bond motifs is 2. The van der Waals surface area contributed by atoms with E-state index in [0.717, 1.165) is 46.4 Å². The molecule has 0 bridgehead atoms. The summed E-state index contributed by atoms with van der Waals surface area (Å²) >= 11 is 0. The average molecular weight is 354 g/mol. The van der Waals surface area contributed by atoms with Crippen LogP contribution in [0.2, 0.25) is 0 Å². The lowest BCUT2D eigenvalue weighted by Crippen LogP contribution is -2.02. The van der Waals surface area contributed by atoms with E-state index in [1.54, 1.807) is 6.08 Å². The van der Waals surface area contributed by atoms with E-state index in [9.17, 15) is 0 Å². The van der Waals surface area contributed by atoms with E-state index in [1.165, 1.54) is 11.1 Å². The molecule has 0 saturated heterocycles. The molecule has 0 aliphatic rings. The Morgan fingerprint density at radius 1 is 1.04 bits per heavy atom. The highest BCUT2D eigenvalue weighted by Gasteiger charge is 2.12. The smallest absolute Gasteiger partial charge is 0.109 e. The van der Waals surface area contributed by atoms with E-state index < -0.39 is 0 Å². The Labute approximate surface area is 158 Å². The van der Waals surface area contributed by atoms with Gasteiger partial charge in [0, 0.05) is 19.7 Å². The monoisotopic (exact) mass is 354 g/mol. The Balaban J connectivity index is 1.63. The molecule has 4 heteroatoms. The number of rotatable bonds is 5. The van der Waals surface area contributed by atoms with Gasteiger partial charge in [-0.3, -0.25) is 4.98 Å². The minimum absolute atomic E-state index is 0.817. The molecule has 27 heavy (non-hydrogen) atoms. The first-order valence-corrected chi connectivity index (χ1v) is 9.12. The molecule has 0 fully saturated rings. The van der Waals surface area contributed by atoms with Crippen molar-refractivity contribution in [1.29, 1.82) is 0 Å². The van der Waals surface area contributed by atoms with Crippen molar-refractivity contribution in [3.05, 3.63) is 84.0 Å². The van der Waals surface area contributed by atoms with Crippen LogP contribution in [0.5, 0.6) is 0 Å². The van der Waals surface area contributed by atoms with Gasteiger partial charge < -0.3 is 4.57 Å². The number of hydrogen-bond donors (Lipinski definition) is 0. The van der Waals surface area contributed by atoms with Crippen LogP contribution in [-0.2, 0) is 19.9 Å². The van der Waals surface area contributed by atoms with E-state index in [2.05, 4.69) is 48.3 Å². The van der Waals surface area contributed by atoms with Crippen LogP contribution >= 0.6 is 0 Å². The molecule has 0 amide bonds. The second-order valence-corrected chi connectivity index (χ2v) is 6.68. The molecular weight excluding hydrogens is 332 g/mol. The van der Waals surface area contributed by atoms with Gasteiger partial charge in [-0.1, -0.05) is 43.0 Å². The fourth-order valence-corrected chi connectivity index (χ4v) is 3.39. The molecule has 0 atom stereocenters. The topological polar surface area (TPSA) is 43.6 Å². The van der Waals surface area contributed by atoms with E-state index in [0.29, 0.717) is 0 Å². The van der Waals surface area contributed by atoms with E-state index in [4.69, 9.17) is 9.97 Å². The number of aromatic nitrogens is 4. The molecule has 4 rings (SSSR count). The van der Waals surface area contributed by atoms with Gasteiger partial charge in [-0.25, -0.2) is 9.97 Å². The molecule has 2 aromatic heterocycles. The lowest BCUT2D eigenvalue weighted by Gasteiger charge is -2.04. The van der Waals surface area contributed by atoms with Crippen LogP contribution in [0.3, 0.4) is 0 Å². The number of nitrogens with zero attached hydrogens (tertiary/aromatic N) is 4. The molecule has 2 heterocycles. The third-order valence-electron chi connectivity index (χ3n) is 4.96. The fourth-order valence-electron chi connectivity index (χ4n) is 3.39. The lowest BCUT2D eigenvalue weighted by atomic mass is 10.1. The summed E-state index contributed by atoms with van der Waals surface area (Å²) in [5.74, 6) is 1.06. The first kappa shape index (κ1) is 17.2. The first-order chi connectivity index (χ1) is 13.2. The van der Waals surface area contributed by atoms with E-state index >= 15 is 0 Å². The summed E-state index contributed by atoms with van der Waals surface area (Å²) in [6.07, 6.45) is 9.33. The van der Waals surface area contributed by atoms with Crippen LogP contribution < -0.4 is 0 Å². The van der Waals surface area contributed by atoms with Gasteiger partial charge in [-0.05, 0) is 42.7 Å². The Hall–Kier alpha value is -3.27. The molecule has 0 unspecified atom stereocenters. The number of para-hydroxylation sites is 2. The lowest BCUT2D eigenvalue weighted by molar-refractivity contribution is 0.775. The largest absolute Gasteiger partial charge is 0.331 e. The highest BCUT2D eigenvalue weighted by Crippen LogP contribution is 2.24. The molecule has 0 aliphatic heterocycles. The molecule has 4 aromatic rings. The highest BCUT2D eigenvalue weighted by molar-refractivity contribution is 5.83. The summed E-state index contributed by atoms with van der Waals surface area (Å²) < 4.78 is 2.18. The summed E-state index contributed by atoms with van der Waals surface area (Å²) in [7, 11) is 2.08. The number of allylic oxidation sites excluding steroid dienone is 2. The molecule has 0 N–H and O–H groups in total. The molecular formula is C23H22N4. The fraction of sp³-hybridized carbons (Fsp3) is 0.174. The maximum absolute atomic E-state index is 4.91. The highest BCUT2D eigenvalue weighted by atomic mass is 15.1. The van der Waals surface area contributed by atoms with Gasteiger partial charge in [-0.15, -0.1) is 0 Å². The molecule has 0 radical (unpaired) electrons. The number of imidazole rings is 1. The molecule has 4 nitrogen and oxygen atoms in total. The summed E-state index contributed by atoms with van der Waals surface area (Å²) in [5.41, 5.74) is 7.44. The summed E-state index contributed by atoms with van der Waals surface area (Å²) in [6.45, 7) is 5.86. The Morgan fingerprint density at radius 3 is 2.67 bits per heavy atom. The Kier molecular flexibility index (Phi) is 4.55. The zero-order valence-electron chi connectivity index (χ0n) is 15.7. The van der Waals surface area contributed by atoms with Crippen molar-refractivity contribution < 1.29 is 0 Å². The number of hydrogen-bond acceptors (Lipinski definition) is 3. The van der Waals surface area contributed by atoms with E-state index in [-0.39, 0.29) is 0 Å². The van der Waals surface area contributed by atoms with Crippen molar-refractivity contribution in [2.24, 2.45) is 7.05 Å². The third-order valence-corrected chi connectivity index (χ3v) is 4.96. The quantitative estimate of drug-likeness (QED) is 0.483. The molecule has 0 spiro atoms. The van der Waals surface area contributed by atoms with Crippen LogP contribution in [0.15, 0.2) is 61.3 Å². The number of benzene rings is 2. The first-order valence-electron chi connectivity index (χ1n) is 9.12. The minimum Gasteiger partial charge on any atom is -0.331 e. The van der Waals surface area contributed by atoms with Gasteiger partial charge in [0.15, 0.2) is 0 Å². The Morgan fingerprint density at radius 2 is 1.85 bits per heavy atom. The predicted octanol–water partition coefficient (Wildman–Crippen LogP) is 4.81. The van der Waals surface area contributed by atoms with Gasteiger partial charge in [0.25, 0.3) is 0 Å². The normalized spacial score (nSPS) is 11.6. The third kappa shape index (κ3) is 3.26. The van der Waals surface area contributed by atoms with Crippen LogP contribution in [0.1, 0.15) is 22.6 Å². The summed E-state index contributed by atoms with van der Waals surface area (Å²) in [5, 5.41) is 0. The van der Waals surface area contributed by atoms with Gasteiger partial charge >= 0.3 is 0 Å². The van der Waals surface area contributed by atoms with E-state index in [1.807, 2.05) is 36.5 Å². The van der Waals surface area contributed by atoms with Crippen LogP contribution in [0.4, 0.5) is 0 Å². The summed E-state index contributed by atoms with van der Waals surface area (Å²) in [4.78, 5) is 14.1. The SMILES string of the molecule is C=C/C=C\c1ccc2c(nc(CCc3cnc4ccccc4n3)n2C)c1C. The predicted molar refractivity (Wildman–Crippen MR) is 112 cm³/mol. The summed E-state index contributed by atoms with van der Waals surface area (Å²) in [6, 6.07) is 12.2. The van der Waals surface area contributed by atoms with Gasteiger partial charge in [0.05, 0.1) is 27.8 Å². The number of aryl methyl sites for hydroxylation is 4. The molecule has 134 valence electrons.